The number of aromatic nitrogens is 3. The van der Waals surface area contributed by atoms with Crippen molar-refractivity contribution in [3.63, 3.8) is 0 Å². The van der Waals surface area contributed by atoms with Gasteiger partial charge in [-0.3, -0.25) is 4.68 Å². The maximum Gasteiger partial charge on any atom is 0.164 e. The van der Waals surface area contributed by atoms with Gasteiger partial charge in [0.15, 0.2) is 5.82 Å². The standard InChI is InChI=1S/C11H12ClFN4/c1-17-7-15-11(16-17)6-14-5-8-2-3-9(12)10(13)4-8/h2-4,7,14H,5-6H2,1H3. The second kappa shape index (κ2) is 5.25. The topological polar surface area (TPSA) is 42.7 Å². The molecule has 0 aliphatic carbocycles. The third-order valence-electron chi connectivity index (χ3n) is 2.24. The van der Waals surface area contributed by atoms with Gasteiger partial charge in [0.2, 0.25) is 0 Å². The first-order chi connectivity index (χ1) is 8.15. The highest BCUT2D eigenvalue weighted by Gasteiger charge is 2.02. The average Bonchev–Trinajstić information content (AvgIpc) is 2.70. The zero-order valence-corrected chi connectivity index (χ0v) is 10.1. The maximum absolute atomic E-state index is 13.1. The summed E-state index contributed by atoms with van der Waals surface area (Å²) in [5.74, 6) is 0.309. The Balaban J connectivity index is 1.87. The van der Waals surface area contributed by atoms with Crippen LogP contribution in [0.15, 0.2) is 24.5 Å². The summed E-state index contributed by atoms with van der Waals surface area (Å²) >= 11 is 5.60. The molecule has 2 rings (SSSR count). The molecule has 1 N–H and O–H groups in total. The van der Waals surface area contributed by atoms with Crippen molar-refractivity contribution in [1.29, 1.82) is 0 Å². The summed E-state index contributed by atoms with van der Waals surface area (Å²) in [7, 11) is 1.81. The minimum absolute atomic E-state index is 0.139. The number of aryl methyl sites for hydroxylation is 1. The molecule has 0 spiro atoms. The van der Waals surface area contributed by atoms with Crippen LogP contribution in [-0.2, 0) is 20.1 Å². The van der Waals surface area contributed by atoms with Crippen LogP contribution in [0.4, 0.5) is 4.39 Å². The molecule has 1 heterocycles. The lowest BCUT2D eigenvalue weighted by Crippen LogP contribution is -2.14. The molecule has 0 atom stereocenters. The predicted octanol–water partition coefficient (Wildman–Crippen LogP) is 1.90. The third-order valence-corrected chi connectivity index (χ3v) is 2.55. The quantitative estimate of drug-likeness (QED) is 0.906. The lowest BCUT2D eigenvalue weighted by molar-refractivity contribution is 0.616. The van der Waals surface area contributed by atoms with E-state index in [1.54, 1.807) is 23.1 Å². The highest BCUT2D eigenvalue weighted by molar-refractivity contribution is 6.30. The number of benzene rings is 1. The van der Waals surface area contributed by atoms with Gasteiger partial charge in [0.1, 0.15) is 12.1 Å². The van der Waals surface area contributed by atoms with Gasteiger partial charge in [-0.2, -0.15) is 5.10 Å². The summed E-state index contributed by atoms with van der Waals surface area (Å²) < 4.78 is 14.8. The molecule has 0 bridgehead atoms. The number of halogens is 2. The van der Waals surface area contributed by atoms with Crippen LogP contribution < -0.4 is 5.32 Å². The van der Waals surface area contributed by atoms with Crippen LogP contribution >= 0.6 is 11.6 Å². The number of hydrogen-bond donors (Lipinski definition) is 1. The van der Waals surface area contributed by atoms with Crippen molar-refractivity contribution in [3.8, 4) is 0 Å². The van der Waals surface area contributed by atoms with E-state index in [-0.39, 0.29) is 5.02 Å². The summed E-state index contributed by atoms with van der Waals surface area (Å²) in [4.78, 5) is 4.07. The summed E-state index contributed by atoms with van der Waals surface area (Å²) in [6.07, 6.45) is 1.64. The Morgan fingerprint density at radius 3 is 2.88 bits per heavy atom. The van der Waals surface area contributed by atoms with E-state index < -0.39 is 5.82 Å². The number of nitrogens with one attached hydrogen (secondary N) is 1. The van der Waals surface area contributed by atoms with Crippen molar-refractivity contribution >= 4 is 11.6 Å². The van der Waals surface area contributed by atoms with Gasteiger partial charge in [-0.15, -0.1) is 0 Å². The molecule has 90 valence electrons. The van der Waals surface area contributed by atoms with Gasteiger partial charge >= 0.3 is 0 Å². The Bertz CT molecular complexity index is 512. The second-order valence-electron chi connectivity index (χ2n) is 3.69. The van der Waals surface area contributed by atoms with E-state index in [1.807, 2.05) is 7.05 Å². The van der Waals surface area contributed by atoms with E-state index in [2.05, 4.69) is 15.4 Å². The smallest absolute Gasteiger partial charge is 0.164 e. The summed E-state index contributed by atoms with van der Waals surface area (Å²) in [6, 6.07) is 4.75. The van der Waals surface area contributed by atoms with Gasteiger partial charge in [-0.1, -0.05) is 17.7 Å². The van der Waals surface area contributed by atoms with Crippen LogP contribution in [0.2, 0.25) is 5.02 Å². The van der Waals surface area contributed by atoms with Gasteiger partial charge in [-0.05, 0) is 17.7 Å². The van der Waals surface area contributed by atoms with Gasteiger partial charge in [0.05, 0.1) is 11.6 Å². The number of hydrogen-bond acceptors (Lipinski definition) is 3. The monoisotopic (exact) mass is 254 g/mol. The molecule has 0 fully saturated rings. The Morgan fingerprint density at radius 1 is 1.41 bits per heavy atom. The van der Waals surface area contributed by atoms with Crippen molar-refractivity contribution in [3.05, 3.63) is 46.8 Å². The van der Waals surface area contributed by atoms with Gasteiger partial charge in [0, 0.05) is 13.6 Å². The molecule has 0 saturated carbocycles. The first-order valence-corrected chi connectivity index (χ1v) is 5.52. The Morgan fingerprint density at radius 2 is 2.24 bits per heavy atom. The van der Waals surface area contributed by atoms with Gasteiger partial charge < -0.3 is 5.32 Å². The lowest BCUT2D eigenvalue weighted by atomic mass is 10.2. The van der Waals surface area contributed by atoms with E-state index >= 15 is 0 Å². The van der Waals surface area contributed by atoms with E-state index in [4.69, 9.17) is 11.6 Å². The van der Waals surface area contributed by atoms with E-state index in [0.717, 1.165) is 5.56 Å². The van der Waals surface area contributed by atoms with E-state index in [9.17, 15) is 4.39 Å². The van der Waals surface area contributed by atoms with Crippen molar-refractivity contribution in [2.75, 3.05) is 0 Å². The molecule has 17 heavy (non-hydrogen) atoms. The third kappa shape index (κ3) is 3.25. The van der Waals surface area contributed by atoms with Crippen LogP contribution in [0, 0.1) is 5.82 Å². The molecule has 0 aliphatic rings. The van der Waals surface area contributed by atoms with Crippen molar-refractivity contribution in [2.45, 2.75) is 13.1 Å². The summed E-state index contributed by atoms with van der Waals surface area (Å²) in [5, 5.41) is 7.39. The van der Waals surface area contributed by atoms with Crippen LogP contribution in [-0.4, -0.2) is 14.8 Å². The second-order valence-corrected chi connectivity index (χ2v) is 4.09. The molecule has 1 aromatic heterocycles. The number of rotatable bonds is 4. The first kappa shape index (κ1) is 12.0. The molecule has 0 radical (unpaired) electrons. The fraction of sp³-hybridized carbons (Fsp3) is 0.273. The molecule has 4 nitrogen and oxygen atoms in total. The van der Waals surface area contributed by atoms with E-state index in [0.29, 0.717) is 18.9 Å². The Kier molecular flexibility index (Phi) is 3.71. The Labute approximate surface area is 103 Å². The molecule has 0 unspecified atom stereocenters. The molecule has 0 amide bonds. The molecule has 0 aliphatic heterocycles. The minimum Gasteiger partial charge on any atom is -0.306 e. The van der Waals surface area contributed by atoms with Crippen molar-refractivity contribution in [1.82, 2.24) is 20.1 Å². The molecular formula is C11H12ClFN4. The largest absolute Gasteiger partial charge is 0.306 e. The number of nitrogens with zero attached hydrogens (tertiary/aromatic N) is 3. The van der Waals surface area contributed by atoms with Crippen LogP contribution in [0.5, 0.6) is 0 Å². The first-order valence-electron chi connectivity index (χ1n) is 5.14. The Hall–Kier alpha value is -1.46. The highest BCUT2D eigenvalue weighted by Crippen LogP contribution is 2.15. The predicted molar refractivity (Wildman–Crippen MR) is 63.0 cm³/mol. The van der Waals surface area contributed by atoms with Gasteiger partial charge in [-0.25, -0.2) is 9.37 Å². The summed E-state index contributed by atoms with van der Waals surface area (Å²) in [6.45, 7) is 1.09. The SMILES string of the molecule is Cn1cnc(CNCc2ccc(Cl)c(F)c2)n1. The van der Waals surface area contributed by atoms with Crippen molar-refractivity contribution < 1.29 is 4.39 Å². The van der Waals surface area contributed by atoms with Crippen LogP contribution in [0.3, 0.4) is 0 Å². The fourth-order valence-electron chi connectivity index (χ4n) is 1.43. The van der Waals surface area contributed by atoms with Gasteiger partial charge in [0.25, 0.3) is 0 Å². The molecule has 0 saturated heterocycles. The average molecular weight is 255 g/mol. The zero-order valence-electron chi connectivity index (χ0n) is 9.32. The van der Waals surface area contributed by atoms with Crippen LogP contribution in [0.25, 0.3) is 0 Å². The lowest BCUT2D eigenvalue weighted by Gasteiger charge is -2.03. The molecular weight excluding hydrogens is 243 g/mol. The maximum atomic E-state index is 13.1. The summed E-state index contributed by atoms with van der Waals surface area (Å²) in [5.41, 5.74) is 0.836. The molecule has 6 heteroatoms. The molecule has 1 aromatic carbocycles. The van der Waals surface area contributed by atoms with E-state index in [1.165, 1.54) is 6.07 Å². The highest BCUT2D eigenvalue weighted by atomic mass is 35.5. The zero-order chi connectivity index (χ0) is 12.3. The normalized spacial score (nSPS) is 10.8. The van der Waals surface area contributed by atoms with Crippen molar-refractivity contribution in [2.24, 2.45) is 7.05 Å². The minimum atomic E-state index is -0.401. The molecule has 2 aromatic rings. The van der Waals surface area contributed by atoms with Crippen LogP contribution in [0.1, 0.15) is 11.4 Å². The fourth-order valence-corrected chi connectivity index (χ4v) is 1.55.